The van der Waals surface area contributed by atoms with E-state index in [1.807, 2.05) is 41.4 Å². The Bertz CT molecular complexity index is 776. The van der Waals surface area contributed by atoms with Crippen LogP contribution >= 0.6 is 0 Å². The third-order valence-electron chi connectivity index (χ3n) is 5.88. The zero-order valence-corrected chi connectivity index (χ0v) is 16.5. The van der Waals surface area contributed by atoms with Crippen LogP contribution in [-0.2, 0) is 9.53 Å². The fraction of sp³-hybridized carbons (Fsp3) is 0.545. The molecule has 3 heterocycles. The van der Waals surface area contributed by atoms with E-state index in [1.165, 1.54) is 11.5 Å². The van der Waals surface area contributed by atoms with Crippen molar-refractivity contribution >= 4 is 5.91 Å². The van der Waals surface area contributed by atoms with Crippen LogP contribution in [0.25, 0.3) is 0 Å². The van der Waals surface area contributed by atoms with Crippen molar-refractivity contribution in [1.29, 1.82) is 0 Å². The molecule has 28 heavy (non-hydrogen) atoms. The van der Waals surface area contributed by atoms with Crippen molar-refractivity contribution in [2.45, 2.75) is 44.6 Å². The molecule has 0 radical (unpaired) electrons. The Morgan fingerprint density at radius 2 is 1.86 bits per heavy atom. The number of para-hydroxylation sites is 1. The number of amides is 1. The van der Waals surface area contributed by atoms with Crippen LogP contribution in [-0.4, -0.2) is 53.3 Å². The average Bonchev–Trinajstić information content (AvgIpc) is 3.15. The number of rotatable bonds is 5. The molecule has 2 aromatic rings. The number of imidazole rings is 1. The summed E-state index contributed by atoms with van der Waals surface area (Å²) in [4.78, 5) is 19.2. The van der Waals surface area contributed by atoms with Gasteiger partial charge in [0.05, 0.1) is 0 Å². The van der Waals surface area contributed by atoms with Crippen molar-refractivity contribution in [1.82, 2.24) is 14.5 Å². The Balaban J connectivity index is 1.34. The van der Waals surface area contributed by atoms with Crippen LogP contribution < -0.4 is 4.74 Å². The highest BCUT2D eigenvalue weighted by atomic mass is 16.5. The number of nitrogens with zero attached hydrogens (tertiary/aromatic N) is 3. The lowest BCUT2D eigenvalue weighted by Gasteiger charge is -2.35. The number of aromatic nitrogens is 2. The quantitative estimate of drug-likeness (QED) is 0.795. The molecule has 0 saturated carbocycles. The van der Waals surface area contributed by atoms with Crippen molar-refractivity contribution < 1.29 is 14.3 Å². The van der Waals surface area contributed by atoms with Gasteiger partial charge in [0.25, 0.3) is 5.91 Å². The molecule has 4 rings (SSSR count). The maximum atomic E-state index is 12.5. The number of benzene rings is 1. The number of carbonyl (C=O) groups is 1. The molecule has 1 aromatic heterocycles. The molecule has 0 unspecified atom stereocenters. The van der Waals surface area contributed by atoms with Gasteiger partial charge in [-0.1, -0.05) is 18.2 Å². The van der Waals surface area contributed by atoms with Gasteiger partial charge in [-0.25, -0.2) is 4.98 Å². The number of ether oxygens (including phenoxy) is 2. The van der Waals surface area contributed by atoms with Gasteiger partial charge < -0.3 is 18.9 Å². The lowest BCUT2D eigenvalue weighted by Crippen LogP contribution is -2.41. The van der Waals surface area contributed by atoms with Gasteiger partial charge in [-0.15, -0.1) is 0 Å². The van der Waals surface area contributed by atoms with E-state index in [4.69, 9.17) is 14.5 Å². The highest BCUT2D eigenvalue weighted by Crippen LogP contribution is 2.32. The van der Waals surface area contributed by atoms with E-state index >= 15 is 0 Å². The molecule has 0 atom stereocenters. The van der Waals surface area contributed by atoms with Crippen LogP contribution in [0, 0.1) is 6.92 Å². The largest absolute Gasteiger partial charge is 0.484 e. The lowest BCUT2D eigenvalue weighted by atomic mass is 9.97. The van der Waals surface area contributed by atoms with Crippen molar-refractivity contribution in [2.75, 3.05) is 32.9 Å². The first-order chi connectivity index (χ1) is 13.7. The molecule has 2 aliphatic heterocycles. The van der Waals surface area contributed by atoms with E-state index in [9.17, 15) is 4.79 Å². The van der Waals surface area contributed by atoms with Crippen LogP contribution in [0.2, 0.25) is 0 Å². The minimum atomic E-state index is 0.0642. The molecular weight excluding hydrogens is 354 g/mol. The van der Waals surface area contributed by atoms with Crippen LogP contribution in [0.3, 0.4) is 0 Å². The third kappa shape index (κ3) is 4.22. The van der Waals surface area contributed by atoms with E-state index in [-0.39, 0.29) is 12.5 Å². The summed E-state index contributed by atoms with van der Waals surface area (Å²) >= 11 is 0. The fourth-order valence-corrected chi connectivity index (χ4v) is 4.32. The predicted molar refractivity (Wildman–Crippen MR) is 107 cm³/mol. The SMILES string of the molecule is Cc1cnc(C2CCOCC2)n1C1CCN(C(=O)COc2ccccc2)CC1. The minimum absolute atomic E-state index is 0.0642. The Morgan fingerprint density at radius 1 is 1.14 bits per heavy atom. The first-order valence-corrected chi connectivity index (χ1v) is 10.3. The molecule has 6 nitrogen and oxygen atoms in total. The Hall–Kier alpha value is -2.34. The van der Waals surface area contributed by atoms with Gasteiger partial charge in [-0.2, -0.15) is 0 Å². The molecule has 1 aromatic carbocycles. The van der Waals surface area contributed by atoms with Crippen LogP contribution in [0.5, 0.6) is 5.75 Å². The van der Waals surface area contributed by atoms with Crippen LogP contribution in [0.15, 0.2) is 36.5 Å². The highest BCUT2D eigenvalue weighted by Gasteiger charge is 2.29. The van der Waals surface area contributed by atoms with Crippen molar-refractivity contribution in [2.24, 2.45) is 0 Å². The summed E-state index contributed by atoms with van der Waals surface area (Å²) in [5, 5.41) is 0. The molecule has 0 bridgehead atoms. The highest BCUT2D eigenvalue weighted by molar-refractivity contribution is 5.77. The number of carbonyl (C=O) groups excluding carboxylic acids is 1. The maximum absolute atomic E-state index is 12.5. The second-order valence-corrected chi connectivity index (χ2v) is 7.73. The normalized spacial score (nSPS) is 19.0. The molecule has 2 fully saturated rings. The fourth-order valence-electron chi connectivity index (χ4n) is 4.32. The average molecular weight is 383 g/mol. The second-order valence-electron chi connectivity index (χ2n) is 7.73. The zero-order chi connectivity index (χ0) is 19.3. The lowest BCUT2D eigenvalue weighted by molar-refractivity contribution is -0.134. The predicted octanol–water partition coefficient (Wildman–Crippen LogP) is 3.33. The van der Waals surface area contributed by atoms with Crippen LogP contribution in [0.4, 0.5) is 0 Å². The summed E-state index contributed by atoms with van der Waals surface area (Å²) in [5.74, 6) is 2.49. The summed E-state index contributed by atoms with van der Waals surface area (Å²) in [5.41, 5.74) is 1.22. The summed E-state index contributed by atoms with van der Waals surface area (Å²) in [6.07, 6.45) is 6.01. The zero-order valence-electron chi connectivity index (χ0n) is 16.5. The number of hydrogen-bond acceptors (Lipinski definition) is 4. The Morgan fingerprint density at radius 3 is 2.57 bits per heavy atom. The van der Waals surface area contributed by atoms with Gasteiger partial charge in [-0.3, -0.25) is 4.79 Å². The van der Waals surface area contributed by atoms with Gasteiger partial charge in [0, 0.05) is 50.2 Å². The topological polar surface area (TPSA) is 56.6 Å². The second kappa shape index (κ2) is 8.78. The summed E-state index contributed by atoms with van der Waals surface area (Å²) in [6, 6.07) is 9.92. The first kappa shape index (κ1) is 19.0. The molecule has 0 N–H and O–H groups in total. The smallest absolute Gasteiger partial charge is 0.260 e. The molecule has 2 saturated heterocycles. The van der Waals surface area contributed by atoms with Crippen molar-refractivity contribution in [3.63, 3.8) is 0 Å². The molecule has 0 aliphatic carbocycles. The number of aryl methyl sites for hydroxylation is 1. The van der Waals surface area contributed by atoms with Gasteiger partial charge >= 0.3 is 0 Å². The van der Waals surface area contributed by atoms with Crippen molar-refractivity contribution in [3.05, 3.63) is 48.0 Å². The van der Waals surface area contributed by atoms with Gasteiger partial charge in [0.15, 0.2) is 6.61 Å². The maximum Gasteiger partial charge on any atom is 0.260 e. The molecule has 0 spiro atoms. The summed E-state index contributed by atoms with van der Waals surface area (Å²) in [7, 11) is 0. The number of piperidine rings is 1. The molecular formula is C22H29N3O3. The summed E-state index contributed by atoms with van der Waals surface area (Å²) < 4.78 is 13.6. The molecule has 150 valence electrons. The first-order valence-electron chi connectivity index (χ1n) is 10.3. The third-order valence-corrected chi connectivity index (χ3v) is 5.88. The van der Waals surface area contributed by atoms with Crippen molar-refractivity contribution in [3.8, 4) is 5.75 Å². The monoisotopic (exact) mass is 383 g/mol. The Labute approximate surface area is 166 Å². The van der Waals surface area contributed by atoms with Gasteiger partial charge in [-0.05, 0) is 44.7 Å². The van der Waals surface area contributed by atoms with Gasteiger partial charge in [0.2, 0.25) is 0 Å². The Kier molecular flexibility index (Phi) is 5.95. The van der Waals surface area contributed by atoms with E-state index < -0.39 is 0 Å². The number of hydrogen-bond donors (Lipinski definition) is 0. The standard InChI is InChI=1S/C22H29N3O3/c1-17-15-23-22(18-9-13-27-14-10-18)25(17)19-7-11-24(12-8-19)21(26)16-28-20-5-3-2-4-6-20/h2-6,15,18-19H,7-14,16H2,1H3. The van der Waals surface area contributed by atoms with E-state index in [2.05, 4.69) is 11.5 Å². The minimum Gasteiger partial charge on any atom is -0.484 e. The van der Waals surface area contributed by atoms with E-state index in [1.54, 1.807) is 0 Å². The van der Waals surface area contributed by atoms with E-state index in [0.717, 1.165) is 57.7 Å². The molecule has 6 heteroatoms. The van der Waals surface area contributed by atoms with Crippen LogP contribution in [0.1, 0.15) is 49.2 Å². The van der Waals surface area contributed by atoms with E-state index in [0.29, 0.717) is 12.0 Å². The molecule has 2 aliphatic rings. The number of likely N-dealkylation sites (tertiary alicyclic amines) is 1. The summed E-state index contributed by atoms with van der Waals surface area (Å²) in [6.45, 7) is 5.43. The van der Waals surface area contributed by atoms with Gasteiger partial charge in [0.1, 0.15) is 11.6 Å². The molecule has 1 amide bonds.